The van der Waals surface area contributed by atoms with Crippen LogP contribution < -0.4 is 0 Å². The van der Waals surface area contributed by atoms with Gasteiger partial charge in [0.15, 0.2) is 6.33 Å². The highest BCUT2D eigenvalue weighted by Crippen LogP contribution is 1.90. The van der Waals surface area contributed by atoms with E-state index in [0.717, 1.165) is 0 Å². The maximum Gasteiger partial charge on any atom is 0.302 e. The van der Waals surface area contributed by atoms with Crippen molar-refractivity contribution >= 4 is 0 Å². The topological polar surface area (TPSA) is 38.9 Å². The van der Waals surface area contributed by atoms with E-state index in [1.807, 2.05) is 13.8 Å². The van der Waals surface area contributed by atoms with Crippen LogP contribution in [0.2, 0.25) is 0 Å². The Balaban J connectivity index is 2.66. The highest BCUT2D eigenvalue weighted by molar-refractivity contribution is 5.16. The summed E-state index contributed by atoms with van der Waals surface area (Å²) in [4.78, 5) is 3.74. The van der Waals surface area contributed by atoms with Gasteiger partial charge in [0, 0.05) is 5.92 Å². The lowest BCUT2D eigenvalue weighted by Crippen LogP contribution is -1.78. The molecule has 0 radical (unpaired) electrons. The maximum absolute atomic E-state index is 4.65. The predicted molar refractivity (Wildman–Crippen MR) is 36.0 cm³/mol. The van der Waals surface area contributed by atoms with E-state index in [2.05, 4.69) is 26.5 Å². The van der Waals surface area contributed by atoms with Gasteiger partial charge in [-0.3, -0.25) is 0 Å². The molecule has 0 unspecified atom stereocenters. The first kappa shape index (κ1) is 6.81. The Morgan fingerprint density at radius 1 is 1.60 bits per heavy atom. The summed E-state index contributed by atoms with van der Waals surface area (Å²) in [6.07, 6.45) is 1.34. The quantitative estimate of drug-likeness (QED) is 0.501. The summed E-state index contributed by atoms with van der Waals surface area (Å²) in [5.74, 6) is 6.36. The zero-order valence-electron chi connectivity index (χ0n) is 5.96. The van der Waals surface area contributed by atoms with Gasteiger partial charge in [-0.2, -0.15) is 4.98 Å². The first-order valence-corrected chi connectivity index (χ1v) is 3.07. The van der Waals surface area contributed by atoms with Crippen LogP contribution >= 0.6 is 0 Å². The van der Waals surface area contributed by atoms with Gasteiger partial charge >= 0.3 is 5.89 Å². The second-order valence-electron chi connectivity index (χ2n) is 2.17. The van der Waals surface area contributed by atoms with Crippen molar-refractivity contribution in [2.45, 2.75) is 13.8 Å². The van der Waals surface area contributed by atoms with E-state index < -0.39 is 0 Å². The van der Waals surface area contributed by atoms with Gasteiger partial charge in [-0.1, -0.05) is 24.9 Å². The molecule has 1 heterocycles. The Morgan fingerprint density at radius 3 is 2.90 bits per heavy atom. The summed E-state index contributed by atoms with van der Waals surface area (Å²) in [7, 11) is 0. The van der Waals surface area contributed by atoms with Crippen molar-refractivity contribution in [1.29, 1.82) is 0 Å². The van der Waals surface area contributed by atoms with E-state index in [0.29, 0.717) is 11.8 Å². The van der Waals surface area contributed by atoms with Gasteiger partial charge in [-0.05, 0) is 5.92 Å². The number of nitrogens with zero attached hydrogens (tertiary/aromatic N) is 2. The predicted octanol–water partition coefficient (Wildman–Crippen LogP) is 1.08. The van der Waals surface area contributed by atoms with Crippen molar-refractivity contribution < 1.29 is 4.52 Å². The largest absolute Gasteiger partial charge is 0.325 e. The zero-order valence-corrected chi connectivity index (χ0v) is 5.96. The first-order valence-electron chi connectivity index (χ1n) is 3.07. The molecule has 3 nitrogen and oxygen atoms in total. The lowest BCUT2D eigenvalue weighted by molar-refractivity contribution is 0.407. The van der Waals surface area contributed by atoms with Gasteiger partial charge in [-0.15, -0.1) is 0 Å². The Bertz CT molecular complexity index is 240. The molecule has 0 fully saturated rings. The SMILES string of the molecule is CC(C)C#Cc1ncno1. The molecule has 0 N–H and O–H groups in total. The number of aromatic nitrogens is 2. The highest BCUT2D eigenvalue weighted by Gasteiger charge is 1.89. The third kappa shape index (κ3) is 1.90. The molecule has 0 aliphatic carbocycles. The second kappa shape index (κ2) is 3.02. The Morgan fingerprint density at radius 2 is 2.40 bits per heavy atom. The summed E-state index contributed by atoms with van der Waals surface area (Å²) in [6.45, 7) is 4.01. The third-order valence-corrected chi connectivity index (χ3v) is 0.829. The number of rotatable bonds is 0. The fourth-order valence-corrected chi connectivity index (χ4v) is 0.434. The third-order valence-electron chi connectivity index (χ3n) is 0.829. The smallest absolute Gasteiger partial charge is 0.302 e. The summed E-state index contributed by atoms with van der Waals surface area (Å²) in [5, 5.41) is 3.41. The molecule has 1 rings (SSSR count). The molecule has 0 saturated heterocycles. The lowest BCUT2D eigenvalue weighted by Gasteiger charge is -1.83. The van der Waals surface area contributed by atoms with E-state index in [1.165, 1.54) is 6.33 Å². The molecule has 0 aromatic carbocycles. The number of hydrogen-bond acceptors (Lipinski definition) is 3. The Hall–Kier alpha value is -1.30. The van der Waals surface area contributed by atoms with Crippen molar-refractivity contribution in [3.8, 4) is 11.8 Å². The summed E-state index contributed by atoms with van der Waals surface area (Å²) in [6, 6.07) is 0. The molecular weight excluding hydrogens is 128 g/mol. The van der Waals surface area contributed by atoms with Crippen LogP contribution in [0.25, 0.3) is 0 Å². The average molecular weight is 136 g/mol. The molecule has 1 aromatic heterocycles. The maximum atomic E-state index is 4.65. The van der Waals surface area contributed by atoms with E-state index in [9.17, 15) is 0 Å². The van der Waals surface area contributed by atoms with Crippen LogP contribution in [0.3, 0.4) is 0 Å². The molecule has 0 atom stereocenters. The van der Waals surface area contributed by atoms with Crippen molar-refractivity contribution in [2.75, 3.05) is 0 Å². The average Bonchev–Trinajstić information content (AvgIpc) is 2.34. The fourth-order valence-electron chi connectivity index (χ4n) is 0.434. The van der Waals surface area contributed by atoms with Crippen LogP contribution in [0.5, 0.6) is 0 Å². The van der Waals surface area contributed by atoms with Crippen molar-refractivity contribution in [3.05, 3.63) is 12.2 Å². The van der Waals surface area contributed by atoms with Gasteiger partial charge in [0.1, 0.15) is 0 Å². The molecule has 0 spiro atoms. The molecule has 0 aliphatic heterocycles. The van der Waals surface area contributed by atoms with Crippen LogP contribution in [0, 0.1) is 17.8 Å². The Kier molecular flexibility index (Phi) is 2.06. The summed E-state index contributed by atoms with van der Waals surface area (Å²) >= 11 is 0. The van der Waals surface area contributed by atoms with Crippen molar-refractivity contribution in [1.82, 2.24) is 10.1 Å². The van der Waals surface area contributed by atoms with Crippen molar-refractivity contribution in [2.24, 2.45) is 5.92 Å². The minimum Gasteiger partial charge on any atom is -0.325 e. The summed E-state index contributed by atoms with van der Waals surface area (Å²) in [5.41, 5.74) is 0. The summed E-state index contributed by atoms with van der Waals surface area (Å²) < 4.78 is 4.65. The highest BCUT2D eigenvalue weighted by atomic mass is 16.5. The second-order valence-corrected chi connectivity index (χ2v) is 2.17. The van der Waals surface area contributed by atoms with Crippen LogP contribution in [0.15, 0.2) is 10.9 Å². The Labute approximate surface area is 59.4 Å². The van der Waals surface area contributed by atoms with Crippen molar-refractivity contribution in [3.63, 3.8) is 0 Å². The molecule has 3 heteroatoms. The first-order chi connectivity index (χ1) is 4.79. The molecule has 52 valence electrons. The molecule has 1 aromatic rings. The van der Waals surface area contributed by atoms with Gasteiger partial charge in [-0.25, -0.2) is 0 Å². The molecule has 0 bridgehead atoms. The van der Waals surface area contributed by atoms with E-state index in [1.54, 1.807) is 0 Å². The molecule has 0 amide bonds. The van der Waals surface area contributed by atoms with Gasteiger partial charge < -0.3 is 4.52 Å². The van der Waals surface area contributed by atoms with E-state index in [-0.39, 0.29) is 0 Å². The van der Waals surface area contributed by atoms with E-state index in [4.69, 9.17) is 0 Å². The molecule has 0 saturated carbocycles. The van der Waals surface area contributed by atoms with Crippen LogP contribution in [-0.4, -0.2) is 10.1 Å². The lowest BCUT2D eigenvalue weighted by atomic mass is 10.2. The van der Waals surface area contributed by atoms with E-state index >= 15 is 0 Å². The minimum absolute atomic E-state index is 0.340. The molecule has 0 aliphatic rings. The van der Waals surface area contributed by atoms with Crippen LogP contribution in [0.1, 0.15) is 19.7 Å². The van der Waals surface area contributed by atoms with Gasteiger partial charge in [0.2, 0.25) is 0 Å². The molecule has 10 heavy (non-hydrogen) atoms. The van der Waals surface area contributed by atoms with Crippen LogP contribution in [0.4, 0.5) is 0 Å². The monoisotopic (exact) mass is 136 g/mol. The van der Waals surface area contributed by atoms with Gasteiger partial charge in [0.05, 0.1) is 0 Å². The fraction of sp³-hybridized carbons (Fsp3) is 0.429. The minimum atomic E-state index is 0.340. The molecular formula is C7H8N2O. The zero-order chi connectivity index (χ0) is 7.40. The number of hydrogen-bond donors (Lipinski definition) is 0. The van der Waals surface area contributed by atoms with Gasteiger partial charge in [0.25, 0.3) is 0 Å². The standard InChI is InChI=1S/C7H8N2O/c1-6(2)3-4-7-8-5-9-10-7/h5-6H,1-2H3. The normalized spacial score (nSPS) is 9.10. The van der Waals surface area contributed by atoms with Crippen LogP contribution in [-0.2, 0) is 0 Å².